The Labute approximate surface area is 122 Å². The van der Waals surface area contributed by atoms with Gasteiger partial charge in [-0.1, -0.05) is 18.7 Å². The number of rotatable bonds is 4. The molecule has 2 rings (SSSR count). The smallest absolute Gasteiger partial charge is 0.335 e. The molecule has 0 aromatic carbocycles. The average Bonchev–Trinajstić information content (AvgIpc) is 2.45. The number of hydrogen-bond donors (Lipinski definition) is 1. The van der Waals surface area contributed by atoms with Gasteiger partial charge in [0.2, 0.25) is 5.91 Å². The maximum absolute atomic E-state index is 12.1. The Hall–Kier alpha value is -1.56. The Morgan fingerprint density at radius 2 is 2.35 bits per heavy atom. The molecule has 20 heavy (non-hydrogen) atoms. The summed E-state index contributed by atoms with van der Waals surface area (Å²) in [4.78, 5) is 28.9. The first kappa shape index (κ1) is 14.8. The van der Waals surface area contributed by atoms with Gasteiger partial charge in [0, 0.05) is 19.3 Å². The third-order valence-electron chi connectivity index (χ3n) is 3.34. The van der Waals surface area contributed by atoms with E-state index in [4.69, 9.17) is 5.11 Å². The molecule has 1 aliphatic rings. The van der Waals surface area contributed by atoms with Crippen LogP contribution in [0.5, 0.6) is 0 Å². The fourth-order valence-corrected chi connectivity index (χ4v) is 3.06. The first-order valence-corrected chi connectivity index (χ1v) is 7.64. The molecule has 1 atom stereocenters. The minimum Gasteiger partial charge on any atom is -0.478 e. The molecule has 6 heteroatoms. The van der Waals surface area contributed by atoms with Crippen LogP contribution >= 0.6 is 11.8 Å². The third-order valence-corrected chi connectivity index (χ3v) is 4.25. The van der Waals surface area contributed by atoms with E-state index in [2.05, 4.69) is 11.9 Å². The van der Waals surface area contributed by atoms with Gasteiger partial charge in [-0.15, -0.1) is 0 Å². The number of thioether (sulfide) groups is 1. The summed E-state index contributed by atoms with van der Waals surface area (Å²) in [5, 5.41) is 9.48. The van der Waals surface area contributed by atoms with Crippen LogP contribution in [0, 0.1) is 5.92 Å². The maximum Gasteiger partial charge on any atom is 0.335 e. The van der Waals surface area contributed by atoms with E-state index in [-0.39, 0.29) is 11.5 Å². The van der Waals surface area contributed by atoms with Crippen LogP contribution in [-0.4, -0.2) is 45.7 Å². The monoisotopic (exact) mass is 294 g/mol. The van der Waals surface area contributed by atoms with E-state index in [1.807, 2.05) is 4.90 Å². The second-order valence-electron chi connectivity index (χ2n) is 5.06. The standard InChI is InChI=1S/C14H18N2O3S/c1-10-3-2-6-16(8-10)13(17)9-20-12-7-11(14(18)19)4-5-15-12/h4-5,7,10H,2-3,6,8-9H2,1H3,(H,18,19). The van der Waals surface area contributed by atoms with Gasteiger partial charge in [0.25, 0.3) is 0 Å². The zero-order chi connectivity index (χ0) is 14.5. The van der Waals surface area contributed by atoms with E-state index in [0.717, 1.165) is 19.5 Å². The van der Waals surface area contributed by atoms with Crippen LogP contribution in [0.2, 0.25) is 0 Å². The SMILES string of the molecule is CC1CCCN(C(=O)CSc2cc(C(=O)O)ccn2)C1. The number of carbonyl (C=O) groups excluding carboxylic acids is 1. The van der Waals surface area contributed by atoms with Crippen molar-refractivity contribution in [2.45, 2.75) is 24.8 Å². The third kappa shape index (κ3) is 3.96. The number of pyridine rings is 1. The van der Waals surface area contributed by atoms with Crippen LogP contribution < -0.4 is 0 Å². The van der Waals surface area contributed by atoms with Crippen molar-refractivity contribution >= 4 is 23.6 Å². The van der Waals surface area contributed by atoms with Crippen LogP contribution in [0.25, 0.3) is 0 Å². The van der Waals surface area contributed by atoms with Crippen molar-refractivity contribution in [3.05, 3.63) is 23.9 Å². The number of carboxylic acids is 1. The Bertz CT molecular complexity index is 507. The number of nitrogens with zero attached hydrogens (tertiary/aromatic N) is 2. The van der Waals surface area contributed by atoms with Crippen molar-refractivity contribution in [2.75, 3.05) is 18.8 Å². The number of likely N-dealkylation sites (tertiary alicyclic amines) is 1. The second kappa shape index (κ2) is 6.74. The topological polar surface area (TPSA) is 70.5 Å². The van der Waals surface area contributed by atoms with Gasteiger partial charge in [-0.05, 0) is 30.9 Å². The van der Waals surface area contributed by atoms with E-state index < -0.39 is 5.97 Å². The van der Waals surface area contributed by atoms with Gasteiger partial charge >= 0.3 is 5.97 Å². The molecule has 0 radical (unpaired) electrons. The number of amides is 1. The predicted octanol–water partition coefficient (Wildman–Crippen LogP) is 2.13. The fourth-order valence-electron chi connectivity index (χ4n) is 2.26. The highest BCUT2D eigenvalue weighted by atomic mass is 32.2. The molecule has 0 saturated carbocycles. The molecule has 5 nitrogen and oxygen atoms in total. The van der Waals surface area contributed by atoms with Gasteiger partial charge in [-0.3, -0.25) is 4.79 Å². The average molecular weight is 294 g/mol. The first-order chi connectivity index (χ1) is 9.56. The summed E-state index contributed by atoms with van der Waals surface area (Å²) in [5.74, 6) is -0.0105. The number of hydrogen-bond acceptors (Lipinski definition) is 4. The number of aromatic nitrogens is 1. The molecule has 1 aromatic heterocycles. The maximum atomic E-state index is 12.1. The van der Waals surface area contributed by atoms with Crippen molar-refractivity contribution in [2.24, 2.45) is 5.92 Å². The predicted molar refractivity (Wildman–Crippen MR) is 76.9 cm³/mol. The van der Waals surface area contributed by atoms with Gasteiger partial charge in [0.1, 0.15) is 0 Å². The molecule has 108 valence electrons. The molecule has 1 amide bonds. The van der Waals surface area contributed by atoms with Gasteiger partial charge in [-0.25, -0.2) is 9.78 Å². The Morgan fingerprint density at radius 1 is 1.55 bits per heavy atom. The molecule has 0 spiro atoms. The molecule has 2 heterocycles. The van der Waals surface area contributed by atoms with E-state index in [1.165, 1.54) is 36.5 Å². The zero-order valence-electron chi connectivity index (χ0n) is 11.4. The lowest BCUT2D eigenvalue weighted by Crippen LogP contribution is -2.40. The molecule has 0 bridgehead atoms. The summed E-state index contributed by atoms with van der Waals surface area (Å²) in [6.45, 7) is 3.80. The van der Waals surface area contributed by atoms with Crippen molar-refractivity contribution < 1.29 is 14.7 Å². The van der Waals surface area contributed by atoms with Crippen molar-refractivity contribution in [1.82, 2.24) is 9.88 Å². The fraction of sp³-hybridized carbons (Fsp3) is 0.500. The lowest BCUT2D eigenvalue weighted by molar-refractivity contribution is -0.130. The van der Waals surface area contributed by atoms with Crippen LogP contribution in [0.3, 0.4) is 0 Å². The van der Waals surface area contributed by atoms with E-state index in [0.29, 0.717) is 16.7 Å². The Morgan fingerprint density at radius 3 is 3.05 bits per heavy atom. The van der Waals surface area contributed by atoms with Gasteiger partial charge in [0.05, 0.1) is 16.3 Å². The minimum absolute atomic E-state index is 0.101. The van der Waals surface area contributed by atoms with E-state index >= 15 is 0 Å². The summed E-state index contributed by atoms with van der Waals surface area (Å²) in [6, 6.07) is 2.94. The molecule has 1 saturated heterocycles. The first-order valence-electron chi connectivity index (χ1n) is 6.66. The number of carboxylic acid groups (broad SMARTS) is 1. The van der Waals surface area contributed by atoms with Crippen molar-refractivity contribution in [1.29, 1.82) is 0 Å². The molecule has 1 aliphatic heterocycles. The highest BCUT2D eigenvalue weighted by Crippen LogP contribution is 2.20. The van der Waals surface area contributed by atoms with Crippen LogP contribution in [0.1, 0.15) is 30.1 Å². The molecule has 1 fully saturated rings. The highest BCUT2D eigenvalue weighted by molar-refractivity contribution is 7.99. The molecule has 1 aromatic rings. The quantitative estimate of drug-likeness (QED) is 0.861. The summed E-state index contributed by atoms with van der Waals surface area (Å²) in [6.07, 6.45) is 3.70. The summed E-state index contributed by atoms with van der Waals surface area (Å²) in [5.41, 5.74) is 0.196. The normalized spacial score (nSPS) is 18.9. The van der Waals surface area contributed by atoms with E-state index in [1.54, 1.807) is 0 Å². The Balaban J connectivity index is 1.89. The van der Waals surface area contributed by atoms with Gasteiger partial charge in [0.15, 0.2) is 0 Å². The second-order valence-corrected chi connectivity index (χ2v) is 6.06. The van der Waals surface area contributed by atoms with E-state index in [9.17, 15) is 9.59 Å². The van der Waals surface area contributed by atoms with Crippen molar-refractivity contribution in [3.8, 4) is 0 Å². The summed E-state index contributed by atoms with van der Waals surface area (Å²) in [7, 11) is 0. The molecule has 1 unspecified atom stereocenters. The Kier molecular flexibility index (Phi) is 5.00. The molecular formula is C14H18N2O3S. The minimum atomic E-state index is -0.981. The van der Waals surface area contributed by atoms with Gasteiger partial charge in [-0.2, -0.15) is 0 Å². The summed E-state index contributed by atoms with van der Waals surface area (Å²) < 4.78 is 0. The van der Waals surface area contributed by atoms with Crippen LogP contribution in [0.15, 0.2) is 23.4 Å². The largest absolute Gasteiger partial charge is 0.478 e. The number of piperidine rings is 1. The lowest BCUT2D eigenvalue weighted by atomic mass is 10.0. The lowest BCUT2D eigenvalue weighted by Gasteiger charge is -2.30. The zero-order valence-corrected chi connectivity index (χ0v) is 12.2. The van der Waals surface area contributed by atoms with Gasteiger partial charge < -0.3 is 10.0 Å². The number of aromatic carboxylic acids is 1. The molecular weight excluding hydrogens is 276 g/mol. The number of carbonyl (C=O) groups is 2. The van der Waals surface area contributed by atoms with Crippen LogP contribution in [0.4, 0.5) is 0 Å². The van der Waals surface area contributed by atoms with Crippen molar-refractivity contribution in [3.63, 3.8) is 0 Å². The van der Waals surface area contributed by atoms with Crippen LogP contribution in [-0.2, 0) is 4.79 Å². The molecule has 1 N–H and O–H groups in total. The molecule has 0 aliphatic carbocycles. The highest BCUT2D eigenvalue weighted by Gasteiger charge is 2.20. The summed E-state index contributed by atoms with van der Waals surface area (Å²) >= 11 is 1.29.